The summed E-state index contributed by atoms with van der Waals surface area (Å²) in [5.74, 6) is 1.03. The molecule has 2 fully saturated rings. The van der Waals surface area contributed by atoms with Gasteiger partial charge in [0.05, 0.1) is 12.2 Å². The SMILES string of the molecule is CC[C@@H]1CN(C(=O)N2CCC(C(=O)N3CCN(c4ccccc4)CC3)CC2)c2ccccc2O1. The van der Waals surface area contributed by atoms with Crippen LogP contribution in [0.25, 0.3) is 0 Å². The van der Waals surface area contributed by atoms with E-state index in [1.165, 1.54) is 5.69 Å². The number of nitrogens with zero attached hydrogens (tertiary/aromatic N) is 4. The number of fused-ring (bicyclic) bond motifs is 1. The normalized spacial score (nSPS) is 21.1. The van der Waals surface area contributed by atoms with Gasteiger partial charge in [-0.2, -0.15) is 0 Å². The Morgan fingerprint density at radius 3 is 2.24 bits per heavy atom. The Kier molecular flexibility index (Phi) is 6.61. The van der Waals surface area contributed by atoms with Crippen LogP contribution >= 0.6 is 0 Å². The number of benzene rings is 2. The number of piperidine rings is 1. The average molecular weight is 463 g/mol. The second-order valence-electron chi connectivity index (χ2n) is 9.42. The minimum absolute atomic E-state index is 0.00696. The first kappa shape index (κ1) is 22.6. The van der Waals surface area contributed by atoms with Gasteiger partial charge in [0, 0.05) is 50.9 Å². The van der Waals surface area contributed by atoms with E-state index in [0.717, 1.165) is 56.9 Å². The number of likely N-dealkylation sites (tertiary alicyclic amines) is 1. The van der Waals surface area contributed by atoms with Crippen molar-refractivity contribution in [1.82, 2.24) is 9.80 Å². The summed E-state index contributed by atoms with van der Waals surface area (Å²) in [4.78, 5) is 34.7. The molecule has 5 rings (SSSR count). The Bertz CT molecular complexity index is 998. The van der Waals surface area contributed by atoms with Crippen LogP contribution in [0.15, 0.2) is 54.6 Å². The molecule has 2 aromatic carbocycles. The van der Waals surface area contributed by atoms with Crippen molar-refractivity contribution >= 4 is 23.3 Å². The number of ether oxygens (including phenoxy) is 1. The number of rotatable bonds is 3. The van der Waals surface area contributed by atoms with Crippen molar-refractivity contribution < 1.29 is 14.3 Å². The molecule has 2 saturated heterocycles. The quantitative estimate of drug-likeness (QED) is 0.696. The Hall–Kier alpha value is -3.22. The van der Waals surface area contributed by atoms with Gasteiger partial charge in [0.1, 0.15) is 11.9 Å². The van der Waals surface area contributed by atoms with Gasteiger partial charge < -0.3 is 19.4 Å². The molecule has 2 aromatic rings. The number of anilines is 2. The lowest BCUT2D eigenvalue weighted by Gasteiger charge is -2.41. The molecule has 3 aliphatic heterocycles. The van der Waals surface area contributed by atoms with Gasteiger partial charge in [0.2, 0.25) is 5.91 Å². The number of urea groups is 1. The molecule has 34 heavy (non-hydrogen) atoms. The monoisotopic (exact) mass is 462 g/mol. The highest BCUT2D eigenvalue weighted by Gasteiger charge is 2.36. The zero-order valence-corrected chi connectivity index (χ0v) is 19.9. The molecule has 3 aliphatic rings. The van der Waals surface area contributed by atoms with Gasteiger partial charge in [0.15, 0.2) is 0 Å². The molecule has 1 atom stereocenters. The molecule has 0 radical (unpaired) electrons. The molecular formula is C27H34N4O3. The molecule has 7 heteroatoms. The molecule has 3 heterocycles. The molecule has 7 nitrogen and oxygen atoms in total. The van der Waals surface area contributed by atoms with Crippen molar-refractivity contribution in [2.75, 3.05) is 55.6 Å². The fourth-order valence-electron chi connectivity index (χ4n) is 5.26. The maximum absolute atomic E-state index is 13.4. The Morgan fingerprint density at radius 1 is 0.853 bits per heavy atom. The third kappa shape index (κ3) is 4.56. The molecule has 0 aromatic heterocycles. The molecule has 3 amide bonds. The van der Waals surface area contributed by atoms with Crippen molar-refractivity contribution in [2.24, 2.45) is 5.92 Å². The van der Waals surface area contributed by atoms with E-state index in [1.807, 2.05) is 45.0 Å². The number of hydrogen-bond donors (Lipinski definition) is 0. The Labute approximate surface area is 201 Å². The largest absolute Gasteiger partial charge is 0.486 e. The lowest BCUT2D eigenvalue weighted by molar-refractivity contribution is -0.137. The van der Waals surface area contributed by atoms with Crippen LogP contribution in [-0.2, 0) is 4.79 Å². The maximum atomic E-state index is 13.4. The lowest BCUT2D eigenvalue weighted by Crippen LogP contribution is -2.54. The molecular weight excluding hydrogens is 428 g/mol. The minimum Gasteiger partial charge on any atom is -0.486 e. The van der Waals surface area contributed by atoms with Crippen LogP contribution in [0, 0.1) is 5.92 Å². The van der Waals surface area contributed by atoms with Crippen molar-refractivity contribution in [1.29, 1.82) is 0 Å². The first-order valence-corrected chi connectivity index (χ1v) is 12.5. The number of hydrogen-bond acceptors (Lipinski definition) is 4. The fraction of sp³-hybridized carbons (Fsp3) is 0.481. The van der Waals surface area contributed by atoms with Crippen LogP contribution < -0.4 is 14.5 Å². The van der Waals surface area contributed by atoms with Crippen LogP contribution in [0.3, 0.4) is 0 Å². The Morgan fingerprint density at radius 2 is 1.53 bits per heavy atom. The van der Waals surface area contributed by atoms with Gasteiger partial charge in [-0.25, -0.2) is 4.79 Å². The predicted octanol–water partition coefficient (Wildman–Crippen LogP) is 3.84. The summed E-state index contributed by atoms with van der Waals surface area (Å²) in [5, 5.41) is 0. The van der Waals surface area contributed by atoms with E-state index >= 15 is 0 Å². The molecule has 0 unspecified atom stereocenters. The summed E-state index contributed by atoms with van der Waals surface area (Å²) < 4.78 is 6.03. The van der Waals surface area contributed by atoms with E-state index in [-0.39, 0.29) is 24.0 Å². The second-order valence-corrected chi connectivity index (χ2v) is 9.42. The van der Waals surface area contributed by atoms with Gasteiger partial charge in [-0.3, -0.25) is 9.69 Å². The number of amides is 3. The van der Waals surface area contributed by atoms with Crippen molar-refractivity contribution in [3.8, 4) is 5.75 Å². The smallest absolute Gasteiger partial charge is 0.324 e. The zero-order valence-electron chi connectivity index (χ0n) is 19.9. The average Bonchev–Trinajstić information content (AvgIpc) is 2.92. The zero-order chi connectivity index (χ0) is 23.5. The first-order valence-electron chi connectivity index (χ1n) is 12.5. The van der Waals surface area contributed by atoms with E-state index in [4.69, 9.17) is 4.74 Å². The number of carbonyl (C=O) groups is 2. The van der Waals surface area contributed by atoms with E-state index in [9.17, 15) is 9.59 Å². The van der Waals surface area contributed by atoms with Gasteiger partial charge in [-0.15, -0.1) is 0 Å². The Balaban J connectivity index is 1.15. The van der Waals surface area contributed by atoms with Crippen LogP contribution in [0.5, 0.6) is 5.75 Å². The van der Waals surface area contributed by atoms with E-state index in [0.29, 0.717) is 19.6 Å². The number of piperazine rings is 1. The van der Waals surface area contributed by atoms with Crippen LogP contribution in [0.2, 0.25) is 0 Å². The third-order valence-electron chi connectivity index (χ3n) is 7.35. The second kappa shape index (κ2) is 9.95. The third-order valence-corrected chi connectivity index (χ3v) is 7.35. The van der Waals surface area contributed by atoms with Crippen LogP contribution in [0.1, 0.15) is 26.2 Å². The highest BCUT2D eigenvalue weighted by Crippen LogP contribution is 2.35. The van der Waals surface area contributed by atoms with Crippen molar-refractivity contribution in [3.05, 3.63) is 54.6 Å². The maximum Gasteiger partial charge on any atom is 0.324 e. The molecule has 0 spiro atoms. The molecule has 0 bridgehead atoms. The van der Waals surface area contributed by atoms with Gasteiger partial charge in [0.25, 0.3) is 0 Å². The fourth-order valence-corrected chi connectivity index (χ4v) is 5.26. The van der Waals surface area contributed by atoms with Gasteiger partial charge >= 0.3 is 6.03 Å². The van der Waals surface area contributed by atoms with Gasteiger partial charge in [-0.05, 0) is 43.5 Å². The summed E-state index contributed by atoms with van der Waals surface area (Å²) in [6.07, 6.45) is 2.32. The van der Waals surface area contributed by atoms with E-state index in [1.54, 1.807) is 0 Å². The summed E-state index contributed by atoms with van der Waals surface area (Å²) in [6, 6.07) is 18.2. The van der Waals surface area contributed by atoms with Gasteiger partial charge in [-0.1, -0.05) is 37.3 Å². The molecule has 0 saturated carbocycles. The van der Waals surface area contributed by atoms with E-state index < -0.39 is 0 Å². The molecule has 0 N–H and O–H groups in total. The van der Waals surface area contributed by atoms with Crippen LogP contribution in [-0.4, -0.2) is 73.7 Å². The van der Waals surface area contributed by atoms with Crippen LogP contribution in [0.4, 0.5) is 16.2 Å². The lowest BCUT2D eigenvalue weighted by atomic mass is 9.95. The summed E-state index contributed by atoms with van der Waals surface area (Å²) in [5.41, 5.74) is 2.06. The summed E-state index contributed by atoms with van der Waals surface area (Å²) in [6.45, 7) is 7.13. The summed E-state index contributed by atoms with van der Waals surface area (Å²) >= 11 is 0. The number of para-hydroxylation sites is 3. The highest BCUT2D eigenvalue weighted by molar-refractivity contribution is 5.94. The highest BCUT2D eigenvalue weighted by atomic mass is 16.5. The minimum atomic E-state index is 0.00696. The molecule has 180 valence electrons. The van der Waals surface area contributed by atoms with Crippen molar-refractivity contribution in [2.45, 2.75) is 32.3 Å². The number of carbonyl (C=O) groups excluding carboxylic acids is 2. The van der Waals surface area contributed by atoms with E-state index in [2.05, 4.69) is 36.1 Å². The first-order chi connectivity index (χ1) is 16.6. The standard InChI is InChI=1S/C27H34N4O3/c1-2-23-20-31(24-10-6-7-11-25(24)34-23)27(33)30-14-12-21(13-15-30)26(32)29-18-16-28(17-19-29)22-8-4-3-5-9-22/h3-11,21,23H,2,12-20H2,1H3/t23-/m1/s1. The predicted molar refractivity (Wildman–Crippen MR) is 133 cm³/mol. The topological polar surface area (TPSA) is 56.3 Å². The molecule has 0 aliphatic carbocycles. The van der Waals surface area contributed by atoms with Crippen molar-refractivity contribution in [3.63, 3.8) is 0 Å². The summed E-state index contributed by atoms with van der Waals surface area (Å²) in [7, 11) is 0.